The lowest BCUT2D eigenvalue weighted by atomic mass is 10.2. The highest BCUT2D eigenvalue weighted by atomic mass is 31.2. The molecule has 1 rings (SSSR count). The molecule has 0 aromatic rings. The van der Waals surface area contributed by atoms with Crippen molar-refractivity contribution in [2.45, 2.75) is 32.0 Å². The molecular weight excluding hydrogens is 183 g/mol. The Labute approximate surface area is 71.6 Å². The summed E-state index contributed by atoms with van der Waals surface area (Å²) in [5, 5.41) is 0. The summed E-state index contributed by atoms with van der Waals surface area (Å²) in [4.78, 5) is 25.5. The standard InChI is InChI=1S/C6H14O5P/c1-5-2-3-6(11-5)4-10-12(7,8)9/h5-9H,2-4H2,1H3/q+1/t5-,6-/m0/s1. The molecule has 0 aliphatic carbocycles. The van der Waals surface area contributed by atoms with E-state index < -0.39 is 8.17 Å². The Morgan fingerprint density at radius 1 is 1.42 bits per heavy atom. The lowest BCUT2D eigenvalue weighted by Crippen LogP contribution is -2.15. The Balaban J connectivity index is 2.16. The maximum Gasteiger partial charge on any atom is 0.567 e. The van der Waals surface area contributed by atoms with E-state index in [9.17, 15) is 0 Å². The Morgan fingerprint density at radius 3 is 2.50 bits per heavy atom. The van der Waals surface area contributed by atoms with Crippen LogP contribution in [0.15, 0.2) is 0 Å². The summed E-state index contributed by atoms with van der Waals surface area (Å²) < 4.78 is 9.73. The van der Waals surface area contributed by atoms with E-state index in [2.05, 4.69) is 4.52 Å². The van der Waals surface area contributed by atoms with Crippen LogP contribution >= 0.6 is 8.17 Å². The van der Waals surface area contributed by atoms with Crippen LogP contribution in [-0.4, -0.2) is 33.5 Å². The zero-order valence-corrected chi connectivity index (χ0v) is 7.78. The highest BCUT2D eigenvalue weighted by Crippen LogP contribution is 2.46. The normalized spacial score (nSPS) is 31.0. The van der Waals surface area contributed by atoms with E-state index in [1.54, 1.807) is 0 Å². The fourth-order valence-electron chi connectivity index (χ4n) is 1.19. The average molecular weight is 197 g/mol. The summed E-state index contributed by atoms with van der Waals surface area (Å²) in [5.41, 5.74) is 0. The van der Waals surface area contributed by atoms with Crippen molar-refractivity contribution in [2.24, 2.45) is 0 Å². The van der Waals surface area contributed by atoms with Crippen LogP contribution in [0.5, 0.6) is 0 Å². The number of rotatable bonds is 3. The maximum absolute atomic E-state index is 8.49. The molecule has 6 heteroatoms. The molecule has 1 aliphatic heterocycles. The van der Waals surface area contributed by atoms with E-state index in [0.29, 0.717) is 0 Å². The van der Waals surface area contributed by atoms with Gasteiger partial charge in [0.2, 0.25) is 0 Å². The second kappa shape index (κ2) is 3.96. The van der Waals surface area contributed by atoms with Crippen LogP contribution in [-0.2, 0) is 9.26 Å². The van der Waals surface area contributed by atoms with Gasteiger partial charge in [-0.1, -0.05) is 0 Å². The van der Waals surface area contributed by atoms with Crippen LogP contribution in [0.4, 0.5) is 0 Å². The van der Waals surface area contributed by atoms with Crippen molar-refractivity contribution < 1.29 is 23.9 Å². The maximum atomic E-state index is 8.49. The van der Waals surface area contributed by atoms with Gasteiger partial charge in [-0.25, -0.2) is 0 Å². The second-order valence-electron chi connectivity index (χ2n) is 2.96. The molecule has 1 heterocycles. The van der Waals surface area contributed by atoms with Gasteiger partial charge in [0.15, 0.2) is 0 Å². The average Bonchev–Trinajstić information content (AvgIpc) is 2.30. The predicted molar refractivity (Wildman–Crippen MR) is 43.1 cm³/mol. The molecule has 1 saturated heterocycles. The van der Waals surface area contributed by atoms with Gasteiger partial charge in [-0.3, -0.25) is 0 Å². The van der Waals surface area contributed by atoms with E-state index in [1.807, 2.05) is 6.92 Å². The summed E-state index contributed by atoms with van der Waals surface area (Å²) >= 11 is 0. The molecular formula is C6H14O5P+. The van der Waals surface area contributed by atoms with Gasteiger partial charge in [0.25, 0.3) is 0 Å². The summed E-state index contributed by atoms with van der Waals surface area (Å²) in [7, 11) is -4.07. The van der Waals surface area contributed by atoms with Gasteiger partial charge >= 0.3 is 8.17 Å². The Morgan fingerprint density at radius 2 is 2.08 bits per heavy atom. The fourth-order valence-corrected chi connectivity index (χ4v) is 1.56. The van der Waals surface area contributed by atoms with Crippen LogP contribution in [0.2, 0.25) is 0 Å². The first kappa shape index (κ1) is 10.3. The largest absolute Gasteiger partial charge is 0.567 e. The molecule has 0 bridgehead atoms. The smallest absolute Gasteiger partial charge is 0.373 e. The minimum Gasteiger partial charge on any atom is -0.373 e. The molecule has 0 spiro atoms. The second-order valence-corrected chi connectivity index (χ2v) is 4.24. The van der Waals surface area contributed by atoms with Gasteiger partial charge in [-0.05, 0) is 19.8 Å². The molecule has 5 nitrogen and oxygen atoms in total. The first-order chi connectivity index (χ1) is 5.47. The fraction of sp³-hybridized carbons (Fsp3) is 1.00. The summed E-state index contributed by atoms with van der Waals surface area (Å²) in [6, 6.07) is 0. The molecule has 0 radical (unpaired) electrons. The van der Waals surface area contributed by atoms with Gasteiger partial charge in [0.05, 0.1) is 12.2 Å². The van der Waals surface area contributed by atoms with Crippen molar-refractivity contribution in [1.29, 1.82) is 0 Å². The van der Waals surface area contributed by atoms with Crippen molar-refractivity contribution in [3.63, 3.8) is 0 Å². The summed E-state index contributed by atoms with van der Waals surface area (Å²) in [6.45, 7) is 1.99. The first-order valence-corrected chi connectivity index (χ1v) is 5.41. The molecule has 0 aromatic carbocycles. The first-order valence-electron chi connectivity index (χ1n) is 3.84. The molecule has 0 saturated carbocycles. The number of hydrogen-bond donors (Lipinski definition) is 3. The lowest BCUT2D eigenvalue weighted by molar-refractivity contribution is 0.0135. The molecule has 0 aromatic heterocycles. The number of hydrogen-bond acceptors (Lipinski definition) is 5. The van der Waals surface area contributed by atoms with E-state index in [0.717, 1.165) is 12.8 Å². The minimum atomic E-state index is -4.07. The van der Waals surface area contributed by atoms with Crippen LogP contribution in [0, 0.1) is 0 Å². The van der Waals surface area contributed by atoms with Crippen LogP contribution in [0.3, 0.4) is 0 Å². The minimum absolute atomic E-state index is 0.0433. The Bertz CT molecular complexity index is 145. The molecule has 1 fully saturated rings. The highest BCUT2D eigenvalue weighted by molar-refractivity contribution is 7.53. The van der Waals surface area contributed by atoms with E-state index in [-0.39, 0.29) is 18.8 Å². The molecule has 12 heavy (non-hydrogen) atoms. The van der Waals surface area contributed by atoms with Gasteiger partial charge in [0, 0.05) is 0 Å². The van der Waals surface area contributed by atoms with Crippen LogP contribution < -0.4 is 0 Å². The molecule has 72 valence electrons. The monoisotopic (exact) mass is 197 g/mol. The van der Waals surface area contributed by atoms with Crippen LogP contribution in [0.1, 0.15) is 19.8 Å². The third-order valence-electron chi connectivity index (χ3n) is 1.75. The van der Waals surface area contributed by atoms with E-state index in [1.165, 1.54) is 0 Å². The van der Waals surface area contributed by atoms with Gasteiger partial charge in [-0.2, -0.15) is 19.2 Å². The van der Waals surface area contributed by atoms with Gasteiger partial charge < -0.3 is 4.74 Å². The topological polar surface area (TPSA) is 79.2 Å². The molecule has 3 N–H and O–H groups in total. The Hall–Kier alpha value is 0.230. The zero-order chi connectivity index (χ0) is 9.19. The van der Waals surface area contributed by atoms with Crippen molar-refractivity contribution in [1.82, 2.24) is 0 Å². The number of ether oxygens (including phenoxy) is 1. The summed E-state index contributed by atoms with van der Waals surface area (Å²) in [6.07, 6.45) is 1.86. The van der Waals surface area contributed by atoms with E-state index >= 15 is 0 Å². The van der Waals surface area contributed by atoms with E-state index in [4.69, 9.17) is 19.4 Å². The van der Waals surface area contributed by atoms with Gasteiger partial charge in [-0.15, -0.1) is 0 Å². The quantitative estimate of drug-likeness (QED) is 0.564. The highest BCUT2D eigenvalue weighted by Gasteiger charge is 2.35. The molecule has 1 aliphatic rings. The van der Waals surface area contributed by atoms with Crippen molar-refractivity contribution >= 4 is 8.17 Å². The zero-order valence-electron chi connectivity index (χ0n) is 6.88. The molecule has 0 unspecified atom stereocenters. The van der Waals surface area contributed by atoms with Gasteiger partial charge in [0.1, 0.15) is 6.61 Å². The third kappa shape index (κ3) is 3.76. The Kier molecular flexibility index (Phi) is 3.40. The SMILES string of the molecule is C[C@H]1CC[C@@H](CO[P+](O)(O)O)O1. The molecule has 2 atom stereocenters. The van der Waals surface area contributed by atoms with Crippen molar-refractivity contribution in [2.75, 3.05) is 6.61 Å². The van der Waals surface area contributed by atoms with Crippen molar-refractivity contribution in [3.05, 3.63) is 0 Å². The lowest BCUT2D eigenvalue weighted by Gasteiger charge is -2.09. The van der Waals surface area contributed by atoms with Crippen LogP contribution in [0.25, 0.3) is 0 Å². The summed E-state index contributed by atoms with van der Waals surface area (Å²) in [5.74, 6) is 0. The predicted octanol–water partition coefficient (Wildman–Crippen LogP) is 0.225. The third-order valence-corrected chi connectivity index (χ3v) is 2.25. The van der Waals surface area contributed by atoms with Crippen molar-refractivity contribution in [3.8, 4) is 0 Å². The molecule has 0 amide bonds.